The van der Waals surface area contributed by atoms with Crippen molar-refractivity contribution in [3.8, 4) is 0 Å². The van der Waals surface area contributed by atoms with Crippen molar-refractivity contribution < 1.29 is 23.1 Å². The molecule has 0 radical (unpaired) electrons. The van der Waals surface area contributed by atoms with E-state index in [1.54, 1.807) is 20.8 Å². The summed E-state index contributed by atoms with van der Waals surface area (Å²) in [5.41, 5.74) is -0.634. The van der Waals surface area contributed by atoms with Gasteiger partial charge < -0.3 is 15.7 Å². The Kier molecular flexibility index (Phi) is 4.44. The molecule has 1 aliphatic rings. The average Bonchev–Trinajstić information content (AvgIpc) is 2.52. The number of nitrogens with one attached hydrogen (secondary N) is 2. The summed E-state index contributed by atoms with van der Waals surface area (Å²) >= 11 is 0. The third kappa shape index (κ3) is 4.70. The van der Waals surface area contributed by atoms with Gasteiger partial charge in [0.25, 0.3) is 0 Å². The molecule has 2 atom stereocenters. The topological polar surface area (TPSA) is 113 Å². The minimum absolute atomic E-state index is 0.0551. The maximum Gasteiger partial charge on any atom is 0.326 e. The quantitative estimate of drug-likeness (QED) is 0.676. The molecule has 19 heavy (non-hydrogen) atoms. The first-order valence-corrected chi connectivity index (χ1v) is 7.84. The third-order valence-electron chi connectivity index (χ3n) is 2.96. The van der Waals surface area contributed by atoms with Crippen LogP contribution in [0.3, 0.4) is 0 Å². The van der Waals surface area contributed by atoms with Gasteiger partial charge in [0.2, 0.25) is 0 Å². The van der Waals surface area contributed by atoms with Crippen molar-refractivity contribution in [2.24, 2.45) is 5.41 Å². The summed E-state index contributed by atoms with van der Waals surface area (Å²) in [5.74, 6) is -1.16. The van der Waals surface area contributed by atoms with Gasteiger partial charge >= 0.3 is 12.0 Å². The average molecular weight is 292 g/mol. The maximum absolute atomic E-state index is 11.7. The Hall–Kier alpha value is -1.31. The van der Waals surface area contributed by atoms with Crippen LogP contribution in [0.5, 0.6) is 0 Å². The first-order valence-electron chi connectivity index (χ1n) is 6.01. The minimum atomic E-state index is -3.07. The Bertz CT molecular complexity index is 466. The molecule has 1 fully saturated rings. The van der Waals surface area contributed by atoms with Crippen LogP contribution in [0.4, 0.5) is 4.79 Å². The van der Waals surface area contributed by atoms with Gasteiger partial charge in [-0.1, -0.05) is 20.8 Å². The fourth-order valence-corrected chi connectivity index (χ4v) is 3.59. The summed E-state index contributed by atoms with van der Waals surface area (Å²) in [7, 11) is -3.07. The van der Waals surface area contributed by atoms with E-state index in [4.69, 9.17) is 5.11 Å². The van der Waals surface area contributed by atoms with E-state index in [-0.39, 0.29) is 11.5 Å². The van der Waals surface area contributed by atoms with Crippen molar-refractivity contribution >= 4 is 21.8 Å². The van der Waals surface area contributed by atoms with Gasteiger partial charge in [-0.2, -0.15) is 0 Å². The van der Waals surface area contributed by atoms with Crippen LogP contribution in [-0.2, 0) is 14.6 Å². The summed E-state index contributed by atoms with van der Waals surface area (Å²) in [5, 5.41) is 13.9. The Labute approximate surface area is 112 Å². The van der Waals surface area contributed by atoms with Crippen molar-refractivity contribution in [3.05, 3.63) is 0 Å². The second kappa shape index (κ2) is 5.36. The predicted octanol–water partition coefficient (Wildman–Crippen LogP) is -0.0280. The van der Waals surface area contributed by atoms with Crippen LogP contribution in [0, 0.1) is 5.41 Å². The van der Waals surface area contributed by atoms with Crippen LogP contribution in [0.2, 0.25) is 0 Å². The molecule has 0 aliphatic carbocycles. The highest BCUT2D eigenvalue weighted by atomic mass is 32.2. The Morgan fingerprint density at radius 2 is 1.89 bits per heavy atom. The smallest absolute Gasteiger partial charge is 0.326 e. The number of sulfone groups is 1. The number of carbonyl (C=O) groups excluding carboxylic acids is 1. The van der Waals surface area contributed by atoms with Gasteiger partial charge in [0.15, 0.2) is 9.84 Å². The van der Waals surface area contributed by atoms with Crippen LogP contribution in [0.25, 0.3) is 0 Å². The first kappa shape index (κ1) is 15.7. The zero-order valence-corrected chi connectivity index (χ0v) is 12.1. The lowest BCUT2D eigenvalue weighted by Gasteiger charge is -2.28. The molecule has 0 saturated carbocycles. The minimum Gasteiger partial charge on any atom is -0.480 e. The van der Waals surface area contributed by atoms with Crippen molar-refractivity contribution in [2.45, 2.75) is 39.3 Å². The van der Waals surface area contributed by atoms with Crippen LogP contribution >= 0.6 is 0 Å². The van der Waals surface area contributed by atoms with E-state index in [1.807, 2.05) is 0 Å². The molecule has 110 valence electrons. The maximum atomic E-state index is 11.7. The monoisotopic (exact) mass is 292 g/mol. The molecule has 0 aromatic rings. The number of amides is 2. The zero-order valence-electron chi connectivity index (χ0n) is 11.3. The standard InChI is InChI=1S/C11H20N2O5S/c1-11(2,3)8(9(14)15)13-10(16)12-7-4-5-19(17,18)6-7/h7-8H,4-6H2,1-3H3,(H,14,15)(H2,12,13,16)/t7?,8-/m0/s1. The van der Waals surface area contributed by atoms with E-state index in [0.29, 0.717) is 6.42 Å². The fourth-order valence-electron chi connectivity index (χ4n) is 1.92. The van der Waals surface area contributed by atoms with Crippen LogP contribution in [0.15, 0.2) is 0 Å². The fraction of sp³-hybridized carbons (Fsp3) is 0.818. The molecule has 0 spiro atoms. The van der Waals surface area contributed by atoms with E-state index in [2.05, 4.69) is 10.6 Å². The summed E-state index contributed by atoms with van der Waals surface area (Å²) in [6, 6.07) is -2.13. The van der Waals surface area contributed by atoms with Crippen LogP contribution < -0.4 is 10.6 Å². The van der Waals surface area contributed by atoms with Crippen molar-refractivity contribution in [1.82, 2.24) is 10.6 Å². The number of hydrogen-bond acceptors (Lipinski definition) is 4. The van der Waals surface area contributed by atoms with E-state index in [1.165, 1.54) is 0 Å². The van der Waals surface area contributed by atoms with Crippen molar-refractivity contribution in [2.75, 3.05) is 11.5 Å². The molecule has 0 bridgehead atoms. The molecule has 0 aromatic heterocycles. The highest BCUT2D eigenvalue weighted by molar-refractivity contribution is 7.91. The van der Waals surface area contributed by atoms with Gasteiger partial charge in [-0.05, 0) is 11.8 Å². The lowest BCUT2D eigenvalue weighted by atomic mass is 9.87. The molecule has 7 nitrogen and oxygen atoms in total. The number of aliphatic carboxylic acids is 1. The molecule has 1 unspecified atom stereocenters. The molecule has 2 amide bonds. The molecule has 1 heterocycles. The van der Waals surface area contributed by atoms with Crippen LogP contribution in [0.1, 0.15) is 27.2 Å². The molecular weight excluding hydrogens is 272 g/mol. The predicted molar refractivity (Wildman–Crippen MR) is 69.6 cm³/mol. The van der Waals surface area contributed by atoms with Gasteiger partial charge in [0.05, 0.1) is 11.5 Å². The Balaban J connectivity index is 2.58. The van der Waals surface area contributed by atoms with Crippen LogP contribution in [-0.4, -0.2) is 49.1 Å². The molecule has 1 saturated heterocycles. The number of carboxylic acids is 1. The van der Waals surface area contributed by atoms with E-state index < -0.39 is 39.3 Å². The molecule has 0 aromatic carbocycles. The number of carbonyl (C=O) groups is 2. The second-order valence-corrected chi connectivity index (χ2v) is 8.08. The van der Waals surface area contributed by atoms with Gasteiger partial charge in [0, 0.05) is 6.04 Å². The van der Waals surface area contributed by atoms with E-state index in [9.17, 15) is 18.0 Å². The SMILES string of the molecule is CC(C)(C)[C@@H](NC(=O)NC1CCS(=O)(=O)C1)C(=O)O. The summed E-state index contributed by atoms with van der Waals surface area (Å²) in [6.45, 7) is 5.10. The highest BCUT2D eigenvalue weighted by Crippen LogP contribution is 2.19. The van der Waals surface area contributed by atoms with Crippen molar-refractivity contribution in [3.63, 3.8) is 0 Å². The van der Waals surface area contributed by atoms with Gasteiger partial charge in [0.1, 0.15) is 6.04 Å². The molecule has 1 rings (SSSR count). The number of rotatable bonds is 3. The summed E-state index contributed by atoms with van der Waals surface area (Å²) < 4.78 is 22.5. The van der Waals surface area contributed by atoms with Gasteiger partial charge in [-0.3, -0.25) is 0 Å². The summed E-state index contributed by atoms with van der Waals surface area (Å²) in [4.78, 5) is 22.8. The van der Waals surface area contributed by atoms with E-state index >= 15 is 0 Å². The largest absolute Gasteiger partial charge is 0.480 e. The number of urea groups is 1. The molecule has 8 heteroatoms. The highest BCUT2D eigenvalue weighted by Gasteiger charge is 2.34. The lowest BCUT2D eigenvalue weighted by Crippen LogP contribution is -2.54. The zero-order chi connectivity index (χ0) is 14.8. The first-order chi connectivity index (χ1) is 8.51. The van der Waals surface area contributed by atoms with Gasteiger partial charge in [-0.25, -0.2) is 18.0 Å². The number of carboxylic acid groups (broad SMARTS) is 1. The normalized spacial score (nSPS) is 23.6. The number of hydrogen-bond donors (Lipinski definition) is 3. The Morgan fingerprint density at radius 3 is 2.26 bits per heavy atom. The van der Waals surface area contributed by atoms with Crippen molar-refractivity contribution in [1.29, 1.82) is 0 Å². The second-order valence-electron chi connectivity index (χ2n) is 5.86. The summed E-state index contributed by atoms with van der Waals surface area (Å²) in [6.07, 6.45) is 0.364. The lowest BCUT2D eigenvalue weighted by molar-refractivity contribution is -0.141. The van der Waals surface area contributed by atoms with Gasteiger partial charge in [-0.15, -0.1) is 0 Å². The van der Waals surface area contributed by atoms with E-state index in [0.717, 1.165) is 0 Å². The molecule has 3 N–H and O–H groups in total. The Morgan fingerprint density at radius 1 is 1.32 bits per heavy atom. The molecule has 1 aliphatic heterocycles. The molecular formula is C11H20N2O5S. The third-order valence-corrected chi connectivity index (χ3v) is 4.72.